The van der Waals surface area contributed by atoms with E-state index in [0.29, 0.717) is 24.3 Å². The summed E-state index contributed by atoms with van der Waals surface area (Å²) in [6.07, 6.45) is -10.2. The predicted octanol–water partition coefficient (Wildman–Crippen LogP) is 4.41. The summed E-state index contributed by atoms with van der Waals surface area (Å²) >= 11 is 0. The Balaban J connectivity index is 0.000000380. The second-order valence-electron chi connectivity index (χ2n) is 13.2. The minimum absolute atomic E-state index is 0. The van der Waals surface area contributed by atoms with Crippen LogP contribution in [0.15, 0.2) is 24.3 Å². The lowest BCUT2D eigenvalue weighted by molar-refractivity contribution is -0.244. The van der Waals surface area contributed by atoms with Gasteiger partial charge in [-0.25, -0.2) is 31.6 Å². The molecule has 4 heterocycles. The van der Waals surface area contributed by atoms with E-state index in [9.17, 15) is 62.3 Å². The number of rotatable bonds is 9. The molecule has 0 aliphatic carbocycles. The first-order chi connectivity index (χ1) is 28.4. The lowest BCUT2D eigenvalue weighted by Crippen LogP contribution is -2.42. The highest BCUT2D eigenvalue weighted by atomic mass is 31.1. The van der Waals surface area contributed by atoms with Gasteiger partial charge in [0, 0.05) is 69.3 Å². The smallest absolute Gasteiger partial charge is 0.521 e. The van der Waals surface area contributed by atoms with Crippen molar-refractivity contribution in [3.8, 4) is 0 Å². The fourth-order valence-electron chi connectivity index (χ4n) is 6.02. The Bertz CT molecular complexity index is 2090. The molecule has 2 aromatic heterocycles. The molecule has 0 saturated heterocycles. The van der Waals surface area contributed by atoms with Crippen molar-refractivity contribution in [2.45, 2.75) is 83.7 Å². The van der Waals surface area contributed by atoms with E-state index >= 15 is 0 Å². The lowest BCUT2D eigenvalue weighted by atomic mass is 10.0. The second-order valence-corrected chi connectivity index (χ2v) is 13.8. The van der Waals surface area contributed by atoms with Crippen LogP contribution in [0.25, 0.3) is 0 Å². The van der Waals surface area contributed by atoms with Gasteiger partial charge < -0.3 is 35.3 Å². The van der Waals surface area contributed by atoms with E-state index in [1.165, 1.54) is 9.80 Å². The molecule has 2 amide bonds. The van der Waals surface area contributed by atoms with Crippen molar-refractivity contribution in [1.82, 2.24) is 39.3 Å². The Morgan fingerprint density at radius 1 is 0.677 bits per heavy atom. The maximum Gasteiger partial charge on any atom is 0.521 e. The molecule has 2 aliphatic rings. The van der Waals surface area contributed by atoms with Gasteiger partial charge in [-0.3, -0.25) is 9.59 Å². The minimum atomic E-state index is -4.64. The average molecular weight is 929 g/mol. The molecule has 4 aromatic rings. The van der Waals surface area contributed by atoms with Gasteiger partial charge >= 0.3 is 20.6 Å². The van der Waals surface area contributed by atoms with E-state index in [2.05, 4.69) is 25.1 Å². The molecule has 0 spiro atoms. The van der Waals surface area contributed by atoms with Gasteiger partial charge in [-0.1, -0.05) is 7.43 Å². The van der Waals surface area contributed by atoms with E-state index in [1.54, 1.807) is 0 Å². The molecule has 0 saturated carbocycles. The first-order valence-electron chi connectivity index (χ1n) is 17.2. The van der Waals surface area contributed by atoms with Gasteiger partial charge in [0.05, 0.1) is 13.1 Å². The maximum absolute atomic E-state index is 13.7. The zero-order valence-electron chi connectivity index (χ0n) is 30.7. The number of aromatic nitrogens is 6. The number of benzene rings is 2. The highest BCUT2D eigenvalue weighted by molar-refractivity contribution is 7.30. The summed E-state index contributed by atoms with van der Waals surface area (Å²) in [4.78, 5) is 36.2. The summed E-state index contributed by atoms with van der Waals surface area (Å²) in [6, 6.07) is 0.368. The van der Waals surface area contributed by atoms with Crippen LogP contribution >= 0.6 is 8.25 Å². The third-order valence-corrected chi connectivity index (χ3v) is 8.94. The minimum Gasteiger partial charge on any atom is -0.565 e. The molecule has 344 valence electrons. The van der Waals surface area contributed by atoms with Gasteiger partial charge in [0.25, 0.3) is 0 Å². The van der Waals surface area contributed by atoms with E-state index in [1.807, 2.05) is 0 Å². The zero-order chi connectivity index (χ0) is 45.6. The van der Waals surface area contributed by atoms with Crippen LogP contribution in [-0.4, -0.2) is 81.6 Å². The van der Waals surface area contributed by atoms with Crippen LogP contribution < -0.4 is 16.4 Å². The number of carbonyl (C=O) groups excluding carboxylic acids is 2. The number of amides is 2. The first-order valence-corrected chi connectivity index (χ1v) is 18.3. The molecule has 29 heteroatoms. The Kier molecular flexibility index (Phi) is 17.5. The molecule has 6 rings (SSSR count). The summed E-state index contributed by atoms with van der Waals surface area (Å²) in [5, 5.41) is 20.2. The Hall–Kier alpha value is -5.28. The van der Waals surface area contributed by atoms with E-state index in [4.69, 9.17) is 26.2 Å². The van der Waals surface area contributed by atoms with Crippen molar-refractivity contribution in [2.75, 3.05) is 13.1 Å². The van der Waals surface area contributed by atoms with E-state index in [0.717, 1.165) is 9.13 Å². The third-order valence-electron chi connectivity index (χ3n) is 8.80. The number of carbonyl (C=O) groups is 2. The van der Waals surface area contributed by atoms with Crippen molar-refractivity contribution < 1.29 is 83.1 Å². The van der Waals surface area contributed by atoms with Crippen molar-refractivity contribution >= 4 is 20.1 Å². The maximum atomic E-state index is 13.7. The van der Waals surface area contributed by atoms with Gasteiger partial charge in [-0.2, -0.15) is 26.3 Å². The number of halogens is 12. The van der Waals surface area contributed by atoms with Gasteiger partial charge in [0.1, 0.15) is 11.6 Å². The standard InChI is InChI=1S/2C16H15F6N5O.CH4.HO4P.H2/c2*17-10-6-12(19)11(18)4-8(10)3-9(23)5-14(28)26-1-2-27-13(7-26)24-25-15(27)16(20,21)22;;1-4-5(2)3;/h2*4,6,9H,1-3,5,7,23H2;1H4;1H;1H/t2*9-;;;/m00.../s1. The van der Waals surface area contributed by atoms with E-state index < -0.39 is 91.1 Å². The van der Waals surface area contributed by atoms with Gasteiger partial charge in [-0.15, -0.1) is 20.4 Å². The Labute approximate surface area is 344 Å². The molecule has 16 nitrogen and oxygen atoms in total. The molecule has 3 atom stereocenters. The molecular formula is C33H37F12N10O6P. The van der Waals surface area contributed by atoms with Gasteiger partial charge in [-0.05, 0) is 40.7 Å². The quantitative estimate of drug-likeness (QED) is 0.0699. The summed E-state index contributed by atoms with van der Waals surface area (Å²) < 4.78 is 170. The number of alkyl halides is 6. The molecule has 2 aromatic carbocycles. The Morgan fingerprint density at radius 2 is 1.00 bits per heavy atom. The molecule has 2 aliphatic heterocycles. The predicted molar refractivity (Wildman–Crippen MR) is 186 cm³/mol. The van der Waals surface area contributed by atoms with Crippen molar-refractivity contribution in [3.05, 3.63) is 93.6 Å². The van der Waals surface area contributed by atoms with Crippen molar-refractivity contribution in [1.29, 1.82) is 0 Å². The van der Waals surface area contributed by atoms with Gasteiger partial charge in [0.15, 0.2) is 34.9 Å². The molecular weight excluding hydrogens is 891 g/mol. The average Bonchev–Trinajstić information content (AvgIpc) is 3.81. The summed E-state index contributed by atoms with van der Waals surface area (Å²) in [5.41, 5.74) is 11.3. The van der Waals surface area contributed by atoms with Crippen molar-refractivity contribution in [2.24, 2.45) is 11.5 Å². The normalized spacial score (nSPS) is 14.9. The van der Waals surface area contributed by atoms with Crippen LogP contribution in [0, 0.1) is 34.9 Å². The van der Waals surface area contributed by atoms with Gasteiger partial charge in [0.2, 0.25) is 23.5 Å². The Morgan fingerprint density at radius 3 is 1.31 bits per heavy atom. The molecule has 1 unspecified atom stereocenters. The van der Waals surface area contributed by atoms with Crippen LogP contribution in [-0.2, 0) is 70.2 Å². The topological polar surface area (TPSA) is 224 Å². The number of fused-ring (bicyclic) bond motifs is 2. The molecule has 5 N–H and O–H groups in total. The molecule has 0 radical (unpaired) electrons. The molecule has 0 bridgehead atoms. The number of nitrogens with two attached hydrogens (primary N) is 2. The van der Waals surface area contributed by atoms with E-state index in [-0.39, 0.29) is 96.6 Å². The van der Waals surface area contributed by atoms with Crippen LogP contribution in [0.2, 0.25) is 0 Å². The van der Waals surface area contributed by atoms with Crippen LogP contribution in [0.3, 0.4) is 0 Å². The summed E-state index contributed by atoms with van der Waals surface area (Å²) in [7, 11) is -3.04. The summed E-state index contributed by atoms with van der Waals surface area (Å²) in [5.74, 6) is -10.3. The SMILES string of the molecule is C.N[C@H](CC(=O)N1CCn2c(nnc2C(F)(F)F)C1)Cc1cc(F)c(F)cc1F.N[C@H](CC(=O)N1CCn2c(nnc2C(F)(F)F)C1)Cc1cc(F)c(F)cc1F.O=[P+]([O-])OO.[HH]. The number of hydrogen-bond donors (Lipinski definition) is 3. The fraction of sp³-hybridized carbons (Fsp3) is 0.455. The highest BCUT2D eigenvalue weighted by Crippen LogP contribution is 2.31. The lowest BCUT2D eigenvalue weighted by Gasteiger charge is -2.29. The third kappa shape index (κ3) is 13.4. The molecule has 62 heavy (non-hydrogen) atoms. The summed E-state index contributed by atoms with van der Waals surface area (Å²) in [6.45, 7) is -0.604. The molecule has 0 fully saturated rings. The second kappa shape index (κ2) is 21.2. The van der Waals surface area contributed by atoms with Crippen LogP contribution in [0.1, 0.15) is 56.1 Å². The zero-order valence-corrected chi connectivity index (χ0v) is 31.6. The fourth-order valence-corrected chi connectivity index (χ4v) is 6.02. The van der Waals surface area contributed by atoms with Crippen LogP contribution in [0.5, 0.6) is 0 Å². The number of nitrogens with zero attached hydrogens (tertiary/aromatic N) is 8. The monoisotopic (exact) mass is 928 g/mol. The first kappa shape index (κ1) is 51.1. The highest BCUT2D eigenvalue weighted by Gasteiger charge is 2.41. The van der Waals surface area contributed by atoms with Crippen molar-refractivity contribution in [3.63, 3.8) is 0 Å². The number of hydrogen-bond acceptors (Lipinski definition) is 12. The van der Waals surface area contributed by atoms with Crippen LogP contribution in [0.4, 0.5) is 52.7 Å². The largest absolute Gasteiger partial charge is 0.565 e.